The zero-order valence-electron chi connectivity index (χ0n) is 13.6. The number of rotatable bonds is 2. The molecular weight excluding hydrogens is 304 g/mol. The number of carbonyl (C=O) groups is 1. The Kier molecular flexibility index (Phi) is 3.41. The van der Waals surface area contributed by atoms with Gasteiger partial charge in [0.25, 0.3) is 0 Å². The van der Waals surface area contributed by atoms with E-state index in [1.165, 1.54) is 0 Å². The van der Waals surface area contributed by atoms with Crippen molar-refractivity contribution in [2.24, 2.45) is 7.05 Å². The summed E-state index contributed by atoms with van der Waals surface area (Å²) in [5.74, 6) is 1.53. The van der Waals surface area contributed by atoms with Crippen LogP contribution in [0.2, 0.25) is 0 Å². The van der Waals surface area contributed by atoms with E-state index in [9.17, 15) is 4.79 Å². The van der Waals surface area contributed by atoms with Gasteiger partial charge in [0, 0.05) is 18.0 Å². The van der Waals surface area contributed by atoms with Crippen molar-refractivity contribution >= 4 is 22.5 Å². The summed E-state index contributed by atoms with van der Waals surface area (Å²) in [6, 6.07) is 13.9. The summed E-state index contributed by atoms with van der Waals surface area (Å²) in [5, 5.41) is 3.96. The largest absolute Gasteiger partial charge is 0.496 e. The van der Waals surface area contributed by atoms with E-state index in [2.05, 4.69) is 22.0 Å². The summed E-state index contributed by atoms with van der Waals surface area (Å²) in [4.78, 5) is 11.8. The second-order valence-corrected chi connectivity index (χ2v) is 5.81. The van der Waals surface area contributed by atoms with Gasteiger partial charge >= 0.3 is 0 Å². The van der Waals surface area contributed by atoms with Gasteiger partial charge in [0.2, 0.25) is 5.91 Å². The average molecular weight is 322 g/mol. The van der Waals surface area contributed by atoms with Gasteiger partial charge in [-0.25, -0.2) is 0 Å². The third-order valence-electron chi connectivity index (χ3n) is 4.41. The molecule has 0 unspecified atom stereocenters. The quantitative estimate of drug-likeness (QED) is 0.784. The molecular formula is C19H18N2O3. The van der Waals surface area contributed by atoms with Gasteiger partial charge in [-0.2, -0.15) is 0 Å². The number of nitrogens with one attached hydrogen (secondary N) is 1. The molecule has 2 aromatic carbocycles. The van der Waals surface area contributed by atoms with Crippen molar-refractivity contribution in [2.75, 3.05) is 19.0 Å². The van der Waals surface area contributed by atoms with Crippen LogP contribution < -0.4 is 14.8 Å². The summed E-state index contributed by atoms with van der Waals surface area (Å²) in [7, 11) is 3.69. The van der Waals surface area contributed by atoms with Gasteiger partial charge in [-0.3, -0.25) is 4.79 Å². The van der Waals surface area contributed by atoms with Crippen LogP contribution in [0.25, 0.3) is 22.2 Å². The number of hydrogen-bond acceptors (Lipinski definition) is 3. The molecule has 0 spiro atoms. The first-order valence-electron chi connectivity index (χ1n) is 7.87. The summed E-state index contributed by atoms with van der Waals surface area (Å²) in [6.07, 6.45) is 0.358. The second kappa shape index (κ2) is 5.60. The number of benzene rings is 2. The van der Waals surface area contributed by atoms with Gasteiger partial charge in [0.05, 0.1) is 37.0 Å². The molecule has 1 aliphatic rings. The topological polar surface area (TPSA) is 52.5 Å². The third-order valence-corrected chi connectivity index (χ3v) is 4.41. The number of ether oxygens (including phenoxy) is 2. The minimum Gasteiger partial charge on any atom is -0.496 e. The number of aryl methyl sites for hydroxylation is 1. The molecule has 1 N–H and O–H groups in total. The first-order valence-corrected chi connectivity index (χ1v) is 7.87. The van der Waals surface area contributed by atoms with Gasteiger partial charge < -0.3 is 19.4 Å². The van der Waals surface area contributed by atoms with Crippen LogP contribution in [0.4, 0.5) is 5.69 Å². The Morgan fingerprint density at radius 1 is 1.21 bits per heavy atom. The highest BCUT2D eigenvalue weighted by Crippen LogP contribution is 2.41. The van der Waals surface area contributed by atoms with Crippen molar-refractivity contribution in [3.8, 4) is 22.8 Å². The first-order chi connectivity index (χ1) is 11.7. The maximum absolute atomic E-state index is 11.8. The molecule has 0 fully saturated rings. The molecule has 0 saturated carbocycles. The van der Waals surface area contributed by atoms with Crippen molar-refractivity contribution in [1.29, 1.82) is 0 Å². The fourth-order valence-electron chi connectivity index (χ4n) is 3.22. The zero-order valence-corrected chi connectivity index (χ0v) is 13.6. The number of amides is 1. The fourth-order valence-corrected chi connectivity index (χ4v) is 3.22. The van der Waals surface area contributed by atoms with Gasteiger partial charge in [0.1, 0.15) is 5.75 Å². The molecule has 1 aliphatic heterocycles. The molecule has 1 amide bonds. The van der Waals surface area contributed by atoms with E-state index in [4.69, 9.17) is 9.47 Å². The first kappa shape index (κ1) is 14.6. The number of aromatic nitrogens is 1. The molecule has 0 saturated heterocycles. The minimum absolute atomic E-state index is 0.0235. The number of carbonyl (C=O) groups excluding carboxylic acids is 1. The molecule has 3 aromatic rings. The molecule has 0 bridgehead atoms. The average Bonchev–Trinajstić information content (AvgIpc) is 2.80. The Balaban J connectivity index is 1.94. The fraction of sp³-hybridized carbons (Fsp3) is 0.211. The van der Waals surface area contributed by atoms with Crippen LogP contribution in [0.5, 0.6) is 11.5 Å². The number of hydrogen-bond donors (Lipinski definition) is 1. The lowest BCUT2D eigenvalue weighted by Gasteiger charge is -2.13. The van der Waals surface area contributed by atoms with Gasteiger partial charge in [0.15, 0.2) is 5.75 Å². The molecule has 1 aromatic heterocycles. The van der Waals surface area contributed by atoms with E-state index in [-0.39, 0.29) is 5.91 Å². The van der Waals surface area contributed by atoms with Crippen LogP contribution in [-0.2, 0) is 11.8 Å². The molecule has 2 heterocycles. The van der Waals surface area contributed by atoms with Gasteiger partial charge in [-0.05, 0) is 30.3 Å². The van der Waals surface area contributed by atoms with Crippen molar-refractivity contribution in [2.45, 2.75) is 6.42 Å². The molecule has 4 rings (SSSR count). The molecule has 0 aliphatic carbocycles. The zero-order chi connectivity index (χ0) is 16.7. The highest BCUT2D eigenvalue weighted by atomic mass is 16.5. The summed E-state index contributed by atoms with van der Waals surface area (Å²) >= 11 is 0. The molecule has 5 nitrogen and oxygen atoms in total. The Bertz CT molecular complexity index is 943. The number of anilines is 1. The lowest BCUT2D eigenvalue weighted by Crippen LogP contribution is -2.10. The predicted octanol–water partition coefficient (Wildman–Crippen LogP) is 3.57. The van der Waals surface area contributed by atoms with Crippen LogP contribution in [-0.4, -0.2) is 24.2 Å². The summed E-state index contributed by atoms with van der Waals surface area (Å²) in [6.45, 7) is 0.378. The van der Waals surface area contributed by atoms with E-state index >= 15 is 0 Å². The monoisotopic (exact) mass is 322 g/mol. The van der Waals surface area contributed by atoms with Gasteiger partial charge in [-0.1, -0.05) is 12.1 Å². The van der Waals surface area contributed by atoms with Crippen LogP contribution in [0.3, 0.4) is 0 Å². The smallest absolute Gasteiger partial charge is 0.227 e. The Morgan fingerprint density at radius 3 is 2.88 bits per heavy atom. The van der Waals surface area contributed by atoms with Crippen LogP contribution >= 0.6 is 0 Å². The highest BCUT2D eigenvalue weighted by Gasteiger charge is 2.20. The van der Waals surface area contributed by atoms with Crippen LogP contribution in [0, 0.1) is 0 Å². The normalized spacial score (nSPS) is 13.8. The molecule has 0 radical (unpaired) electrons. The summed E-state index contributed by atoms with van der Waals surface area (Å²) < 4.78 is 13.5. The van der Waals surface area contributed by atoms with E-state index < -0.39 is 0 Å². The van der Waals surface area contributed by atoms with Crippen molar-refractivity contribution in [3.05, 3.63) is 42.5 Å². The Hall–Kier alpha value is -2.95. The third kappa shape index (κ3) is 2.21. The SMILES string of the molecule is COc1cccc2c1cc(-c1cccc3c1OCCC(=O)N3)n2C. The van der Waals surface area contributed by atoms with Crippen molar-refractivity contribution < 1.29 is 14.3 Å². The number of fused-ring (bicyclic) bond motifs is 2. The van der Waals surface area contributed by atoms with E-state index in [1.54, 1.807) is 7.11 Å². The molecule has 0 atom stereocenters. The Labute approximate surface area is 139 Å². The number of nitrogens with zero attached hydrogens (tertiary/aromatic N) is 1. The van der Waals surface area contributed by atoms with Crippen molar-refractivity contribution in [3.63, 3.8) is 0 Å². The second-order valence-electron chi connectivity index (χ2n) is 5.81. The summed E-state index contributed by atoms with van der Waals surface area (Å²) in [5.41, 5.74) is 3.77. The number of para-hydroxylation sites is 1. The molecule has 5 heteroatoms. The minimum atomic E-state index is -0.0235. The maximum atomic E-state index is 11.8. The Morgan fingerprint density at radius 2 is 2.04 bits per heavy atom. The van der Waals surface area contributed by atoms with Crippen molar-refractivity contribution in [1.82, 2.24) is 4.57 Å². The van der Waals surface area contributed by atoms with E-state index in [1.807, 2.05) is 37.4 Å². The molecule has 122 valence electrons. The predicted molar refractivity (Wildman–Crippen MR) is 93.6 cm³/mol. The highest BCUT2D eigenvalue weighted by molar-refractivity contribution is 5.97. The number of methoxy groups -OCH3 is 1. The standard InChI is InChI=1S/C19H18N2O3/c1-21-15-7-4-8-17(23-2)13(15)11-16(21)12-5-3-6-14-19(12)24-10-9-18(22)20-14/h3-8,11H,9-10H2,1-2H3,(H,20,22). The van der Waals surface area contributed by atoms with Crippen LogP contribution in [0.1, 0.15) is 6.42 Å². The van der Waals surface area contributed by atoms with E-state index in [0.717, 1.165) is 27.9 Å². The molecule has 24 heavy (non-hydrogen) atoms. The van der Waals surface area contributed by atoms with Gasteiger partial charge in [-0.15, -0.1) is 0 Å². The maximum Gasteiger partial charge on any atom is 0.227 e. The van der Waals surface area contributed by atoms with Crippen LogP contribution in [0.15, 0.2) is 42.5 Å². The lowest BCUT2D eigenvalue weighted by molar-refractivity contribution is -0.116. The van der Waals surface area contributed by atoms with E-state index in [0.29, 0.717) is 24.5 Å². The lowest BCUT2D eigenvalue weighted by atomic mass is 10.1.